The van der Waals surface area contributed by atoms with Gasteiger partial charge in [0.1, 0.15) is 0 Å². The molecule has 0 spiro atoms. The Labute approximate surface area is 110 Å². The zero-order valence-electron chi connectivity index (χ0n) is 10.0. The van der Waals surface area contributed by atoms with Gasteiger partial charge in [-0.05, 0) is 6.42 Å². The second kappa shape index (κ2) is 5.68. The van der Waals surface area contributed by atoms with Crippen molar-refractivity contribution in [1.29, 1.82) is 0 Å². The maximum atomic E-state index is 11.7. The number of hydrogen-bond donors (Lipinski definition) is 1. The van der Waals surface area contributed by atoms with Gasteiger partial charge in [-0.15, -0.1) is 0 Å². The number of hydrogen-bond acceptors (Lipinski definition) is 3. The van der Waals surface area contributed by atoms with Crippen LogP contribution in [0.4, 0.5) is 0 Å². The Morgan fingerprint density at radius 2 is 2.22 bits per heavy atom. The van der Waals surface area contributed by atoms with Crippen LogP contribution in [-0.2, 0) is 13.6 Å². The molecular weight excluding hydrogens is 254 g/mol. The fraction of sp³-hybridized carbons (Fsp3) is 0.364. The van der Waals surface area contributed by atoms with Crippen LogP contribution in [0.25, 0.3) is 0 Å². The van der Waals surface area contributed by atoms with Crippen molar-refractivity contribution in [2.45, 2.75) is 13.0 Å². The van der Waals surface area contributed by atoms with Crippen molar-refractivity contribution in [1.82, 2.24) is 24.9 Å². The van der Waals surface area contributed by atoms with Gasteiger partial charge in [0.2, 0.25) is 0 Å². The van der Waals surface area contributed by atoms with Gasteiger partial charge in [0.05, 0.1) is 23.0 Å². The molecular formula is C11H14ClN5O. The molecule has 7 heteroatoms. The van der Waals surface area contributed by atoms with Gasteiger partial charge < -0.3 is 5.32 Å². The molecule has 0 unspecified atom stereocenters. The van der Waals surface area contributed by atoms with Gasteiger partial charge in [0.25, 0.3) is 5.91 Å². The van der Waals surface area contributed by atoms with Crippen LogP contribution in [0.3, 0.4) is 0 Å². The standard InChI is InChI=1S/C11H14ClN5O/c1-16-7-9(5-14-16)11(18)13-3-2-4-17-8-10(12)6-15-17/h5-8H,2-4H2,1H3,(H,13,18). The summed E-state index contributed by atoms with van der Waals surface area (Å²) >= 11 is 5.74. The summed E-state index contributed by atoms with van der Waals surface area (Å²) in [5.41, 5.74) is 0.569. The molecule has 2 aromatic rings. The highest BCUT2D eigenvalue weighted by atomic mass is 35.5. The van der Waals surface area contributed by atoms with E-state index in [2.05, 4.69) is 15.5 Å². The van der Waals surface area contributed by atoms with Crippen LogP contribution in [0, 0.1) is 0 Å². The Hall–Kier alpha value is -1.82. The summed E-state index contributed by atoms with van der Waals surface area (Å²) in [6.07, 6.45) is 7.37. The quantitative estimate of drug-likeness (QED) is 0.825. The number of rotatable bonds is 5. The highest BCUT2D eigenvalue weighted by molar-refractivity contribution is 6.30. The number of carbonyl (C=O) groups is 1. The van der Waals surface area contributed by atoms with E-state index in [0.717, 1.165) is 13.0 Å². The van der Waals surface area contributed by atoms with Crippen molar-refractivity contribution in [3.8, 4) is 0 Å². The van der Waals surface area contributed by atoms with E-state index in [1.165, 1.54) is 0 Å². The van der Waals surface area contributed by atoms with Crippen molar-refractivity contribution >= 4 is 17.5 Å². The number of halogens is 1. The predicted octanol–water partition coefficient (Wildman–Crippen LogP) is 1.09. The second-order valence-electron chi connectivity index (χ2n) is 3.93. The van der Waals surface area contributed by atoms with E-state index < -0.39 is 0 Å². The lowest BCUT2D eigenvalue weighted by Crippen LogP contribution is -2.25. The maximum Gasteiger partial charge on any atom is 0.254 e. The fourth-order valence-corrected chi connectivity index (χ4v) is 1.70. The molecule has 6 nitrogen and oxygen atoms in total. The Morgan fingerprint density at radius 1 is 1.39 bits per heavy atom. The third-order valence-electron chi connectivity index (χ3n) is 2.42. The fourth-order valence-electron chi connectivity index (χ4n) is 1.54. The summed E-state index contributed by atoms with van der Waals surface area (Å²) in [6.45, 7) is 1.31. The number of carbonyl (C=O) groups excluding carboxylic acids is 1. The number of amides is 1. The van der Waals surface area contributed by atoms with Crippen molar-refractivity contribution in [3.05, 3.63) is 35.4 Å². The molecule has 18 heavy (non-hydrogen) atoms. The number of nitrogens with zero attached hydrogens (tertiary/aromatic N) is 4. The highest BCUT2D eigenvalue weighted by Gasteiger charge is 2.06. The molecule has 2 aromatic heterocycles. The molecule has 2 rings (SSSR count). The smallest absolute Gasteiger partial charge is 0.254 e. The molecule has 1 N–H and O–H groups in total. The lowest BCUT2D eigenvalue weighted by Gasteiger charge is -2.03. The molecule has 0 saturated heterocycles. The van der Waals surface area contributed by atoms with E-state index >= 15 is 0 Å². The average molecular weight is 268 g/mol. The molecule has 0 aromatic carbocycles. The summed E-state index contributed by atoms with van der Waals surface area (Å²) in [4.78, 5) is 11.7. The molecule has 0 fully saturated rings. The maximum absolute atomic E-state index is 11.7. The first-order valence-electron chi connectivity index (χ1n) is 5.60. The molecule has 0 atom stereocenters. The van der Waals surface area contributed by atoms with E-state index in [1.807, 2.05) is 0 Å². The first-order chi connectivity index (χ1) is 8.65. The lowest BCUT2D eigenvalue weighted by atomic mass is 10.3. The zero-order chi connectivity index (χ0) is 13.0. The minimum atomic E-state index is -0.110. The van der Waals surface area contributed by atoms with Crippen LogP contribution >= 0.6 is 11.6 Å². The lowest BCUT2D eigenvalue weighted by molar-refractivity contribution is 0.0952. The number of aromatic nitrogens is 4. The van der Waals surface area contributed by atoms with E-state index in [-0.39, 0.29) is 5.91 Å². The average Bonchev–Trinajstić information content (AvgIpc) is 2.93. The first-order valence-corrected chi connectivity index (χ1v) is 5.98. The third-order valence-corrected chi connectivity index (χ3v) is 2.61. The van der Waals surface area contributed by atoms with Crippen molar-refractivity contribution in [2.24, 2.45) is 7.05 Å². The molecule has 0 aliphatic carbocycles. The second-order valence-corrected chi connectivity index (χ2v) is 4.37. The topological polar surface area (TPSA) is 64.7 Å². The highest BCUT2D eigenvalue weighted by Crippen LogP contribution is 2.04. The summed E-state index contributed by atoms with van der Waals surface area (Å²) in [7, 11) is 1.78. The van der Waals surface area contributed by atoms with Crippen molar-refractivity contribution < 1.29 is 4.79 Å². The predicted molar refractivity (Wildman–Crippen MR) is 67.4 cm³/mol. The Kier molecular flexibility index (Phi) is 3.99. The summed E-state index contributed by atoms with van der Waals surface area (Å²) in [5.74, 6) is -0.110. The molecule has 0 radical (unpaired) electrons. The van der Waals surface area contributed by atoms with Gasteiger partial charge in [-0.3, -0.25) is 14.2 Å². The summed E-state index contributed by atoms with van der Waals surface area (Å²) in [6, 6.07) is 0. The van der Waals surface area contributed by atoms with Crippen LogP contribution in [0.5, 0.6) is 0 Å². The minimum Gasteiger partial charge on any atom is -0.352 e. The van der Waals surface area contributed by atoms with Crippen LogP contribution in [0.1, 0.15) is 16.8 Å². The molecule has 0 bridgehead atoms. The van der Waals surface area contributed by atoms with E-state index in [4.69, 9.17) is 11.6 Å². The van der Waals surface area contributed by atoms with Crippen molar-refractivity contribution in [3.63, 3.8) is 0 Å². The Balaban J connectivity index is 1.71. The van der Waals surface area contributed by atoms with Gasteiger partial charge in [0.15, 0.2) is 0 Å². The van der Waals surface area contributed by atoms with E-state index in [1.54, 1.807) is 41.2 Å². The minimum absolute atomic E-state index is 0.110. The van der Waals surface area contributed by atoms with Gasteiger partial charge >= 0.3 is 0 Å². The molecule has 1 amide bonds. The van der Waals surface area contributed by atoms with Gasteiger partial charge in [-0.2, -0.15) is 10.2 Å². The Bertz CT molecular complexity index is 533. The third kappa shape index (κ3) is 3.33. The van der Waals surface area contributed by atoms with Crippen LogP contribution in [-0.4, -0.2) is 32.0 Å². The first kappa shape index (κ1) is 12.6. The number of nitrogens with one attached hydrogen (secondary N) is 1. The molecule has 2 heterocycles. The molecule has 96 valence electrons. The van der Waals surface area contributed by atoms with Crippen LogP contribution < -0.4 is 5.32 Å². The molecule has 0 saturated carbocycles. The van der Waals surface area contributed by atoms with Crippen LogP contribution in [0.2, 0.25) is 5.02 Å². The van der Waals surface area contributed by atoms with Crippen LogP contribution in [0.15, 0.2) is 24.8 Å². The molecule has 0 aliphatic rings. The van der Waals surface area contributed by atoms with Gasteiger partial charge in [-0.1, -0.05) is 11.6 Å². The van der Waals surface area contributed by atoms with E-state index in [0.29, 0.717) is 17.1 Å². The summed E-state index contributed by atoms with van der Waals surface area (Å²) < 4.78 is 3.35. The SMILES string of the molecule is Cn1cc(C(=O)NCCCn2cc(Cl)cn2)cn1. The monoisotopic (exact) mass is 267 g/mol. The summed E-state index contributed by atoms with van der Waals surface area (Å²) in [5, 5.41) is 11.4. The van der Waals surface area contributed by atoms with Gasteiger partial charge in [-0.25, -0.2) is 0 Å². The van der Waals surface area contributed by atoms with Crippen molar-refractivity contribution in [2.75, 3.05) is 6.54 Å². The van der Waals surface area contributed by atoms with Gasteiger partial charge in [0, 0.05) is 32.5 Å². The van der Waals surface area contributed by atoms with E-state index in [9.17, 15) is 4.79 Å². The number of aryl methyl sites for hydroxylation is 2. The molecule has 0 aliphatic heterocycles. The Morgan fingerprint density at radius 3 is 2.83 bits per heavy atom. The zero-order valence-corrected chi connectivity index (χ0v) is 10.8. The largest absolute Gasteiger partial charge is 0.352 e. The normalized spacial score (nSPS) is 10.6.